The molecule has 1 aromatic carbocycles. The van der Waals surface area contributed by atoms with Crippen molar-refractivity contribution in [1.82, 2.24) is 4.31 Å². The van der Waals surface area contributed by atoms with Crippen LogP contribution in [0.2, 0.25) is 0 Å². The van der Waals surface area contributed by atoms with Gasteiger partial charge in [-0.1, -0.05) is 13.3 Å². The van der Waals surface area contributed by atoms with Crippen LogP contribution in [-0.4, -0.2) is 44.9 Å². The number of morpholine rings is 1. The fourth-order valence-corrected chi connectivity index (χ4v) is 3.75. The summed E-state index contributed by atoms with van der Waals surface area (Å²) >= 11 is 0. The Hall–Kier alpha value is -1.64. The first-order chi connectivity index (χ1) is 10.9. The second-order valence-electron chi connectivity index (χ2n) is 5.42. The molecule has 3 N–H and O–H groups in total. The summed E-state index contributed by atoms with van der Waals surface area (Å²) in [5.41, 5.74) is 6.58. The first kappa shape index (κ1) is 17.7. The Morgan fingerprint density at radius 3 is 2.65 bits per heavy atom. The van der Waals surface area contributed by atoms with Crippen LogP contribution >= 0.6 is 0 Å². The van der Waals surface area contributed by atoms with Crippen molar-refractivity contribution in [1.29, 1.82) is 0 Å². The lowest BCUT2D eigenvalue weighted by atomic mass is 10.2. The van der Waals surface area contributed by atoms with Gasteiger partial charge in [0.25, 0.3) is 0 Å². The number of nitrogen functional groups attached to an aromatic ring is 1. The molecule has 128 valence electrons. The number of ether oxygens (including phenoxy) is 1. The summed E-state index contributed by atoms with van der Waals surface area (Å²) in [7, 11) is -3.58. The van der Waals surface area contributed by atoms with Gasteiger partial charge in [-0.2, -0.15) is 4.31 Å². The van der Waals surface area contributed by atoms with Crippen molar-refractivity contribution in [3.8, 4) is 0 Å². The van der Waals surface area contributed by atoms with Crippen LogP contribution < -0.4 is 11.1 Å². The van der Waals surface area contributed by atoms with Gasteiger partial charge in [0, 0.05) is 19.5 Å². The zero-order valence-corrected chi connectivity index (χ0v) is 14.1. The molecule has 23 heavy (non-hydrogen) atoms. The second-order valence-corrected chi connectivity index (χ2v) is 7.36. The largest absolute Gasteiger partial charge is 0.397 e. The summed E-state index contributed by atoms with van der Waals surface area (Å²) in [6, 6.07) is 4.39. The van der Waals surface area contributed by atoms with Gasteiger partial charge in [-0.3, -0.25) is 4.79 Å². The molecule has 1 heterocycles. The van der Waals surface area contributed by atoms with Crippen molar-refractivity contribution >= 4 is 27.3 Å². The maximum absolute atomic E-state index is 12.5. The first-order valence-corrected chi connectivity index (χ1v) is 9.16. The maximum Gasteiger partial charge on any atom is 0.243 e. The van der Waals surface area contributed by atoms with Crippen molar-refractivity contribution in [2.45, 2.75) is 31.1 Å². The third-order valence-corrected chi connectivity index (χ3v) is 5.56. The Balaban J connectivity index is 2.13. The standard InChI is InChI=1S/C15H23N3O4S/c1-2-3-4-15(19)17-14-6-5-12(11-13(14)16)23(20,21)18-7-9-22-10-8-18/h5-6,11H,2-4,7-10,16H2,1H3,(H,17,19). The number of nitrogens with zero attached hydrogens (tertiary/aromatic N) is 1. The van der Waals surface area contributed by atoms with Gasteiger partial charge in [0.1, 0.15) is 0 Å². The molecular weight excluding hydrogens is 318 g/mol. The van der Waals surface area contributed by atoms with Gasteiger partial charge in [-0.05, 0) is 24.6 Å². The predicted octanol–water partition coefficient (Wildman–Crippen LogP) is 1.42. The van der Waals surface area contributed by atoms with E-state index in [4.69, 9.17) is 10.5 Å². The fourth-order valence-electron chi connectivity index (χ4n) is 2.30. The van der Waals surface area contributed by atoms with Crippen LogP contribution in [0.4, 0.5) is 11.4 Å². The molecule has 0 saturated carbocycles. The van der Waals surface area contributed by atoms with Crippen LogP contribution in [0.5, 0.6) is 0 Å². The van der Waals surface area contributed by atoms with Gasteiger partial charge in [-0.25, -0.2) is 8.42 Å². The van der Waals surface area contributed by atoms with Gasteiger partial charge in [0.05, 0.1) is 29.5 Å². The van der Waals surface area contributed by atoms with Gasteiger partial charge in [0.15, 0.2) is 0 Å². The number of benzene rings is 1. The summed E-state index contributed by atoms with van der Waals surface area (Å²) in [4.78, 5) is 11.9. The second kappa shape index (κ2) is 7.76. The van der Waals surface area contributed by atoms with E-state index in [1.54, 1.807) is 0 Å². The Kier molecular flexibility index (Phi) is 5.97. The van der Waals surface area contributed by atoms with Crippen molar-refractivity contribution in [3.63, 3.8) is 0 Å². The quantitative estimate of drug-likeness (QED) is 0.762. The average molecular weight is 341 g/mol. The predicted molar refractivity (Wildman–Crippen MR) is 88.6 cm³/mol. The van der Waals surface area contributed by atoms with Gasteiger partial charge in [0.2, 0.25) is 15.9 Å². The molecule has 7 nitrogen and oxygen atoms in total. The number of anilines is 2. The molecular formula is C15H23N3O4S. The van der Waals surface area contributed by atoms with E-state index in [0.29, 0.717) is 38.4 Å². The normalized spacial score (nSPS) is 16.2. The first-order valence-electron chi connectivity index (χ1n) is 7.72. The summed E-state index contributed by atoms with van der Waals surface area (Å²) in [6.07, 6.45) is 2.15. The SMILES string of the molecule is CCCCC(=O)Nc1ccc(S(=O)(=O)N2CCOCC2)cc1N. The minimum absolute atomic E-state index is 0.123. The van der Waals surface area contributed by atoms with E-state index in [2.05, 4.69) is 5.32 Å². The molecule has 1 aliphatic rings. The van der Waals surface area contributed by atoms with E-state index in [1.165, 1.54) is 22.5 Å². The molecule has 0 unspecified atom stereocenters. The van der Waals surface area contributed by atoms with Crippen LogP contribution in [0.25, 0.3) is 0 Å². The Morgan fingerprint density at radius 1 is 1.35 bits per heavy atom. The number of hydrogen-bond donors (Lipinski definition) is 2. The van der Waals surface area contributed by atoms with Crippen LogP contribution in [0, 0.1) is 0 Å². The molecule has 0 aromatic heterocycles. The minimum atomic E-state index is -3.58. The summed E-state index contributed by atoms with van der Waals surface area (Å²) in [5.74, 6) is -0.123. The van der Waals surface area contributed by atoms with E-state index in [0.717, 1.165) is 12.8 Å². The molecule has 0 spiro atoms. The smallest absolute Gasteiger partial charge is 0.243 e. The number of amides is 1. The molecule has 0 atom stereocenters. The lowest BCUT2D eigenvalue weighted by Gasteiger charge is -2.26. The van der Waals surface area contributed by atoms with Crippen LogP contribution in [0.3, 0.4) is 0 Å². The zero-order valence-electron chi connectivity index (χ0n) is 13.2. The monoisotopic (exact) mass is 341 g/mol. The number of carbonyl (C=O) groups is 1. The van der Waals surface area contributed by atoms with E-state index in [-0.39, 0.29) is 16.5 Å². The molecule has 0 bridgehead atoms. The minimum Gasteiger partial charge on any atom is -0.397 e. The molecule has 1 aromatic rings. The molecule has 1 aliphatic heterocycles. The molecule has 0 aliphatic carbocycles. The molecule has 8 heteroatoms. The maximum atomic E-state index is 12.5. The number of nitrogens with one attached hydrogen (secondary N) is 1. The van der Waals surface area contributed by atoms with Crippen molar-refractivity contribution in [2.75, 3.05) is 37.4 Å². The lowest BCUT2D eigenvalue weighted by molar-refractivity contribution is -0.116. The van der Waals surface area contributed by atoms with E-state index in [9.17, 15) is 13.2 Å². The number of nitrogens with two attached hydrogens (primary N) is 1. The van der Waals surface area contributed by atoms with Crippen LogP contribution in [0.15, 0.2) is 23.1 Å². The zero-order chi connectivity index (χ0) is 16.9. The Bertz CT molecular complexity index is 655. The number of rotatable bonds is 6. The fraction of sp³-hybridized carbons (Fsp3) is 0.533. The summed E-state index contributed by atoms with van der Waals surface area (Å²) < 4.78 is 31.6. The van der Waals surface area contributed by atoms with Crippen LogP contribution in [-0.2, 0) is 19.6 Å². The third-order valence-electron chi connectivity index (χ3n) is 3.66. The molecule has 2 rings (SSSR count). The number of unbranched alkanes of at least 4 members (excludes halogenated alkanes) is 1. The number of carbonyl (C=O) groups excluding carboxylic acids is 1. The molecule has 0 radical (unpaired) electrons. The molecule has 1 saturated heterocycles. The van der Waals surface area contributed by atoms with Crippen molar-refractivity contribution < 1.29 is 17.9 Å². The third kappa shape index (κ3) is 4.43. The lowest BCUT2D eigenvalue weighted by Crippen LogP contribution is -2.40. The van der Waals surface area contributed by atoms with E-state index >= 15 is 0 Å². The highest BCUT2D eigenvalue weighted by Gasteiger charge is 2.26. The highest BCUT2D eigenvalue weighted by Crippen LogP contribution is 2.25. The summed E-state index contributed by atoms with van der Waals surface area (Å²) in [5, 5.41) is 2.71. The van der Waals surface area contributed by atoms with Crippen molar-refractivity contribution in [3.05, 3.63) is 18.2 Å². The number of hydrogen-bond acceptors (Lipinski definition) is 5. The molecule has 1 amide bonds. The van der Waals surface area contributed by atoms with Gasteiger partial charge in [-0.15, -0.1) is 0 Å². The van der Waals surface area contributed by atoms with E-state index < -0.39 is 10.0 Å². The van der Waals surface area contributed by atoms with Gasteiger partial charge >= 0.3 is 0 Å². The van der Waals surface area contributed by atoms with Gasteiger partial charge < -0.3 is 15.8 Å². The Labute approximate surface area is 136 Å². The highest BCUT2D eigenvalue weighted by molar-refractivity contribution is 7.89. The average Bonchev–Trinajstić information content (AvgIpc) is 2.55. The topological polar surface area (TPSA) is 102 Å². The van der Waals surface area contributed by atoms with E-state index in [1.807, 2.05) is 6.92 Å². The summed E-state index contributed by atoms with van der Waals surface area (Å²) in [6.45, 7) is 3.45. The van der Waals surface area contributed by atoms with Crippen LogP contribution in [0.1, 0.15) is 26.2 Å². The Morgan fingerprint density at radius 2 is 2.04 bits per heavy atom. The van der Waals surface area contributed by atoms with Crippen molar-refractivity contribution in [2.24, 2.45) is 0 Å². The number of sulfonamides is 1. The highest BCUT2D eigenvalue weighted by atomic mass is 32.2. The molecule has 1 fully saturated rings.